The zero-order valence-electron chi connectivity index (χ0n) is 18.7. The number of nitrogens with one attached hydrogen (secondary N) is 3. The fourth-order valence-corrected chi connectivity index (χ4v) is 4.62. The molecule has 2 unspecified atom stereocenters. The van der Waals surface area contributed by atoms with E-state index in [1.165, 1.54) is 0 Å². The summed E-state index contributed by atoms with van der Waals surface area (Å²) in [4.78, 5) is 10.9. The SMILES string of the molecule is CCOCC1N=C2C(=N)CC=C3N(OCCCNS(C)(=O)=O)C=CCC32N1NC(C)C. The van der Waals surface area contributed by atoms with Crippen LogP contribution < -0.4 is 10.1 Å². The third-order valence-corrected chi connectivity index (χ3v) is 5.99. The molecule has 0 bridgehead atoms. The summed E-state index contributed by atoms with van der Waals surface area (Å²) in [6.45, 7) is 7.81. The van der Waals surface area contributed by atoms with Gasteiger partial charge in [-0.15, -0.1) is 0 Å². The molecule has 1 aliphatic carbocycles. The van der Waals surface area contributed by atoms with Gasteiger partial charge in [0.15, 0.2) is 0 Å². The standard InChI is InChI=1S/C20H34N6O4S/c1-5-29-14-18-23-19-16(21)8-9-17-20(19,26(18)24-15(2)3)10-6-12-25(17)30-13-7-11-22-31(4,27)28/h6,9,12,15,18,21-22,24H,5,7-8,10-11,13-14H2,1-4H3. The number of ether oxygens (including phenoxy) is 1. The van der Waals surface area contributed by atoms with Crippen molar-refractivity contribution < 1.29 is 18.0 Å². The minimum Gasteiger partial charge on any atom is -0.378 e. The number of rotatable bonds is 11. The molecule has 3 rings (SSSR count). The molecule has 3 aliphatic rings. The number of aliphatic imine (C=N–C) groups is 1. The minimum atomic E-state index is -3.21. The molecule has 174 valence electrons. The Morgan fingerprint density at radius 1 is 1.42 bits per heavy atom. The largest absolute Gasteiger partial charge is 0.378 e. The molecular formula is C20H34N6O4S. The van der Waals surface area contributed by atoms with Gasteiger partial charge >= 0.3 is 0 Å². The first-order valence-electron chi connectivity index (χ1n) is 10.7. The molecule has 0 saturated carbocycles. The van der Waals surface area contributed by atoms with E-state index < -0.39 is 15.6 Å². The van der Waals surface area contributed by atoms with Crippen LogP contribution in [-0.2, 0) is 19.6 Å². The van der Waals surface area contributed by atoms with Crippen molar-refractivity contribution >= 4 is 21.4 Å². The van der Waals surface area contributed by atoms with Gasteiger partial charge in [0.25, 0.3) is 0 Å². The van der Waals surface area contributed by atoms with Gasteiger partial charge in [-0.3, -0.25) is 9.83 Å². The van der Waals surface area contributed by atoms with Crippen LogP contribution in [0.5, 0.6) is 0 Å². The van der Waals surface area contributed by atoms with E-state index in [9.17, 15) is 8.42 Å². The Kier molecular flexibility index (Phi) is 7.66. The zero-order chi connectivity index (χ0) is 22.6. The molecule has 2 heterocycles. The molecule has 2 aliphatic heterocycles. The van der Waals surface area contributed by atoms with Crippen LogP contribution in [0.1, 0.15) is 40.0 Å². The maximum Gasteiger partial charge on any atom is 0.208 e. The van der Waals surface area contributed by atoms with Gasteiger partial charge in [-0.25, -0.2) is 23.6 Å². The van der Waals surface area contributed by atoms with E-state index in [-0.39, 0.29) is 12.2 Å². The maximum absolute atomic E-state index is 11.2. The molecule has 11 heteroatoms. The molecular weight excluding hydrogens is 420 g/mol. The number of allylic oxidation sites excluding steroid dienone is 1. The molecule has 0 amide bonds. The topological polar surface area (TPSA) is 119 Å². The molecule has 0 saturated heterocycles. The highest BCUT2D eigenvalue weighted by atomic mass is 32.2. The van der Waals surface area contributed by atoms with E-state index in [0.717, 1.165) is 17.7 Å². The Balaban J connectivity index is 1.82. The summed E-state index contributed by atoms with van der Waals surface area (Å²) in [7, 11) is -3.21. The number of sulfonamides is 1. The van der Waals surface area contributed by atoms with Crippen molar-refractivity contribution in [3.05, 3.63) is 24.0 Å². The van der Waals surface area contributed by atoms with Crippen LogP contribution in [-0.4, -0.2) is 80.3 Å². The summed E-state index contributed by atoms with van der Waals surface area (Å²) in [5, 5.41) is 12.4. The second-order valence-electron chi connectivity index (χ2n) is 8.17. The number of hydrogen-bond acceptors (Lipinski definition) is 9. The van der Waals surface area contributed by atoms with Gasteiger partial charge in [0.1, 0.15) is 11.7 Å². The molecule has 0 fully saturated rings. The van der Waals surface area contributed by atoms with E-state index in [0.29, 0.717) is 51.3 Å². The number of hydrogen-bond donors (Lipinski definition) is 3. The molecule has 31 heavy (non-hydrogen) atoms. The second kappa shape index (κ2) is 9.88. The van der Waals surface area contributed by atoms with Crippen molar-refractivity contribution in [1.82, 2.24) is 20.2 Å². The van der Waals surface area contributed by atoms with Crippen molar-refractivity contribution in [1.29, 1.82) is 5.41 Å². The van der Waals surface area contributed by atoms with Gasteiger partial charge < -0.3 is 10.1 Å². The summed E-state index contributed by atoms with van der Waals surface area (Å²) in [6, 6.07) is 0.174. The summed E-state index contributed by atoms with van der Waals surface area (Å²) in [5.41, 5.74) is 5.07. The third kappa shape index (κ3) is 5.24. The number of nitrogens with zero attached hydrogens (tertiary/aromatic N) is 3. The molecule has 2 atom stereocenters. The minimum absolute atomic E-state index is 0.174. The van der Waals surface area contributed by atoms with Gasteiger partial charge in [0, 0.05) is 31.8 Å². The van der Waals surface area contributed by atoms with Crippen LogP contribution in [0.4, 0.5) is 0 Å². The molecule has 0 aromatic heterocycles. The first-order valence-corrected chi connectivity index (χ1v) is 12.6. The zero-order valence-corrected chi connectivity index (χ0v) is 19.5. The highest BCUT2D eigenvalue weighted by Gasteiger charge is 2.57. The quantitative estimate of drug-likeness (QED) is 0.401. The first-order chi connectivity index (χ1) is 14.7. The van der Waals surface area contributed by atoms with Crippen LogP contribution in [0, 0.1) is 5.41 Å². The fraction of sp³-hybridized carbons (Fsp3) is 0.700. The average Bonchev–Trinajstić information content (AvgIpc) is 2.99. The number of hydrazine groups is 1. The van der Waals surface area contributed by atoms with Crippen LogP contribution in [0.3, 0.4) is 0 Å². The molecule has 0 radical (unpaired) electrons. The van der Waals surface area contributed by atoms with E-state index >= 15 is 0 Å². The van der Waals surface area contributed by atoms with Crippen molar-refractivity contribution in [2.24, 2.45) is 4.99 Å². The van der Waals surface area contributed by atoms with Gasteiger partial charge in [0.05, 0.1) is 36.6 Å². The second-order valence-corrected chi connectivity index (χ2v) is 10.0. The van der Waals surface area contributed by atoms with Crippen molar-refractivity contribution in [3.8, 4) is 0 Å². The molecule has 3 N–H and O–H groups in total. The van der Waals surface area contributed by atoms with Gasteiger partial charge in [-0.05, 0) is 33.6 Å². The van der Waals surface area contributed by atoms with Gasteiger partial charge in [-0.1, -0.05) is 12.2 Å². The van der Waals surface area contributed by atoms with Crippen LogP contribution in [0.25, 0.3) is 0 Å². The molecule has 0 aromatic rings. The third-order valence-electron chi connectivity index (χ3n) is 5.26. The van der Waals surface area contributed by atoms with Crippen molar-refractivity contribution in [2.75, 3.05) is 32.6 Å². The summed E-state index contributed by atoms with van der Waals surface area (Å²) >= 11 is 0. The predicted molar refractivity (Wildman–Crippen MR) is 120 cm³/mol. The predicted octanol–water partition coefficient (Wildman–Crippen LogP) is 1.16. The lowest BCUT2D eigenvalue weighted by Crippen LogP contribution is -2.66. The fourth-order valence-electron chi connectivity index (χ4n) is 4.10. The smallest absolute Gasteiger partial charge is 0.208 e. The number of hydroxylamine groups is 2. The lowest BCUT2D eigenvalue weighted by Gasteiger charge is -2.48. The van der Waals surface area contributed by atoms with Crippen molar-refractivity contribution in [2.45, 2.75) is 57.8 Å². The molecule has 1 spiro atoms. The van der Waals surface area contributed by atoms with E-state index in [2.05, 4.69) is 29.0 Å². The Bertz CT molecular complexity index is 869. The Labute approximate surface area is 184 Å². The van der Waals surface area contributed by atoms with Crippen LogP contribution >= 0.6 is 0 Å². The molecule has 0 aromatic carbocycles. The first kappa shape index (κ1) is 24.0. The van der Waals surface area contributed by atoms with E-state index in [1.54, 1.807) is 5.06 Å². The average molecular weight is 455 g/mol. The Morgan fingerprint density at radius 3 is 2.87 bits per heavy atom. The molecule has 10 nitrogen and oxygen atoms in total. The Hall–Kier alpha value is -1.63. The lowest BCUT2D eigenvalue weighted by atomic mass is 9.77. The highest BCUT2D eigenvalue weighted by molar-refractivity contribution is 7.88. The van der Waals surface area contributed by atoms with Crippen LogP contribution in [0.15, 0.2) is 29.0 Å². The monoisotopic (exact) mass is 454 g/mol. The van der Waals surface area contributed by atoms with Gasteiger partial charge in [0.2, 0.25) is 10.0 Å². The van der Waals surface area contributed by atoms with Gasteiger partial charge in [-0.2, -0.15) is 5.01 Å². The van der Waals surface area contributed by atoms with E-state index in [1.807, 2.05) is 25.3 Å². The summed E-state index contributed by atoms with van der Waals surface area (Å²) in [5.74, 6) is 0. The normalized spacial score (nSPS) is 26.2. The maximum atomic E-state index is 11.2. The summed E-state index contributed by atoms with van der Waals surface area (Å²) < 4.78 is 30.6. The van der Waals surface area contributed by atoms with E-state index in [4.69, 9.17) is 20.0 Å². The van der Waals surface area contributed by atoms with Crippen LogP contribution in [0.2, 0.25) is 0 Å². The lowest BCUT2D eigenvalue weighted by molar-refractivity contribution is -0.118. The summed E-state index contributed by atoms with van der Waals surface area (Å²) in [6.07, 6.45) is 8.52. The Morgan fingerprint density at radius 2 is 2.19 bits per heavy atom. The van der Waals surface area contributed by atoms with Crippen molar-refractivity contribution in [3.63, 3.8) is 0 Å². The highest BCUT2D eigenvalue weighted by Crippen LogP contribution is 2.44.